The van der Waals surface area contributed by atoms with Crippen LogP contribution in [0.4, 0.5) is 5.69 Å². The molecule has 1 aliphatic rings. The van der Waals surface area contributed by atoms with Gasteiger partial charge in [0.05, 0.1) is 18.5 Å². The van der Waals surface area contributed by atoms with Crippen LogP contribution in [0.5, 0.6) is 5.75 Å². The summed E-state index contributed by atoms with van der Waals surface area (Å²) in [5, 5.41) is 3.13. The fourth-order valence-electron chi connectivity index (χ4n) is 2.32. The van der Waals surface area contributed by atoms with Crippen molar-refractivity contribution in [3.8, 4) is 5.75 Å². The Morgan fingerprint density at radius 3 is 2.92 bits per heavy atom. The van der Waals surface area contributed by atoms with Crippen LogP contribution in [0.25, 0.3) is 0 Å². The van der Waals surface area contributed by atoms with Gasteiger partial charge in [0.1, 0.15) is 5.75 Å². The smallest absolute Gasteiger partial charge is 0.263 e. The predicted octanol–water partition coefficient (Wildman–Crippen LogP) is 1.41. The number of amides is 1. The van der Waals surface area contributed by atoms with E-state index in [1.165, 1.54) is 6.07 Å². The first-order valence-corrected chi connectivity index (χ1v) is 9.85. The Morgan fingerprint density at radius 1 is 1.50 bits per heavy atom. The molecule has 0 bridgehead atoms. The SMILES string of the molecule is CCOCCCNC(=O)[C@H]1CN(S(C)(=O)=O)c2cc(Cl)ccc2O1. The summed E-state index contributed by atoms with van der Waals surface area (Å²) in [6, 6.07) is 4.65. The summed E-state index contributed by atoms with van der Waals surface area (Å²) < 4.78 is 36.1. The van der Waals surface area contributed by atoms with E-state index in [4.69, 9.17) is 21.1 Å². The molecule has 1 atom stereocenters. The van der Waals surface area contributed by atoms with Crippen molar-refractivity contribution in [1.82, 2.24) is 5.32 Å². The van der Waals surface area contributed by atoms with Gasteiger partial charge >= 0.3 is 0 Å². The van der Waals surface area contributed by atoms with Crippen LogP contribution in [0.1, 0.15) is 13.3 Å². The number of anilines is 1. The first-order chi connectivity index (χ1) is 11.3. The Labute approximate surface area is 146 Å². The number of fused-ring (bicyclic) bond motifs is 1. The van der Waals surface area contributed by atoms with Crippen LogP contribution in [0.15, 0.2) is 18.2 Å². The fraction of sp³-hybridized carbons (Fsp3) is 0.533. The lowest BCUT2D eigenvalue weighted by atomic mass is 10.2. The summed E-state index contributed by atoms with van der Waals surface area (Å²) in [5.41, 5.74) is 0.338. The van der Waals surface area contributed by atoms with Crippen LogP contribution in [0, 0.1) is 0 Å². The second-order valence-electron chi connectivity index (χ2n) is 5.35. The highest BCUT2D eigenvalue weighted by atomic mass is 35.5. The Kier molecular flexibility index (Phi) is 6.31. The van der Waals surface area contributed by atoms with Gasteiger partial charge in [-0.2, -0.15) is 0 Å². The number of carbonyl (C=O) groups excluding carboxylic acids is 1. The summed E-state index contributed by atoms with van der Waals surface area (Å²) in [5.74, 6) is -0.0497. The third kappa shape index (κ3) is 4.75. The lowest BCUT2D eigenvalue weighted by Gasteiger charge is -2.34. The maximum absolute atomic E-state index is 12.3. The molecule has 9 heteroatoms. The number of rotatable bonds is 7. The number of halogens is 1. The van der Waals surface area contributed by atoms with E-state index in [2.05, 4.69) is 5.32 Å². The van der Waals surface area contributed by atoms with Crippen molar-refractivity contribution in [3.63, 3.8) is 0 Å². The quantitative estimate of drug-likeness (QED) is 0.727. The van der Waals surface area contributed by atoms with Crippen molar-refractivity contribution in [2.45, 2.75) is 19.4 Å². The average molecular weight is 377 g/mol. The molecule has 0 aromatic heterocycles. The summed E-state index contributed by atoms with van der Waals surface area (Å²) in [6.07, 6.45) is 0.842. The first-order valence-electron chi connectivity index (χ1n) is 7.62. The van der Waals surface area contributed by atoms with Gasteiger partial charge in [-0.1, -0.05) is 11.6 Å². The van der Waals surface area contributed by atoms with Gasteiger partial charge in [-0.05, 0) is 31.5 Å². The van der Waals surface area contributed by atoms with Crippen molar-refractivity contribution in [3.05, 3.63) is 23.2 Å². The topological polar surface area (TPSA) is 84.9 Å². The first kappa shape index (κ1) is 18.8. The van der Waals surface area contributed by atoms with E-state index in [0.29, 0.717) is 42.6 Å². The van der Waals surface area contributed by atoms with Crippen molar-refractivity contribution >= 4 is 33.2 Å². The zero-order valence-electron chi connectivity index (χ0n) is 13.6. The van der Waals surface area contributed by atoms with Gasteiger partial charge in [0.25, 0.3) is 5.91 Å². The van der Waals surface area contributed by atoms with Crippen LogP contribution in [0.2, 0.25) is 5.02 Å². The van der Waals surface area contributed by atoms with E-state index in [-0.39, 0.29) is 12.5 Å². The molecule has 1 aromatic rings. The summed E-state index contributed by atoms with van der Waals surface area (Å²) >= 11 is 5.93. The molecular formula is C15H21ClN2O5S. The van der Waals surface area contributed by atoms with Gasteiger partial charge in [-0.15, -0.1) is 0 Å². The van der Waals surface area contributed by atoms with E-state index in [1.807, 2.05) is 6.92 Å². The Morgan fingerprint density at radius 2 is 2.25 bits per heavy atom. The van der Waals surface area contributed by atoms with Crippen LogP contribution < -0.4 is 14.4 Å². The minimum atomic E-state index is -3.56. The molecule has 7 nitrogen and oxygen atoms in total. The van der Waals surface area contributed by atoms with Crippen LogP contribution in [-0.4, -0.2) is 53.0 Å². The van der Waals surface area contributed by atoms with E-state index in [0.717, 1.165) is 10.6 Å². The van der Waals surface area contributed by atoms with E-state index in [9.17, 15) is 13.2 Å². The molecule has 0 saturated carbocycles. The number of ether oxygens (including phenoxy) is 2. The monoisotopic (exact) mass is 376 g/mol. The fourth-order valence-corrected chi connectivity index (χ4v) is 3.39. The van der Waals surface area contributed by atoms with Gasteiger partial charge in [-0.25, -0.2) is 8.42 Å². The van der Waals surface area contributed by atoms with Crippen molar-refractivity contribution in [2.24, 2.45) is 0 Å². The maximum Gasteiger partial charge on any atom is 0.263 e. The van der Waals surface area contributed by atoms with Crippen LogP contribution in [-0.2, 0) is 19.6 Å². The number of hydrogen-bond acceptors (Lipinski definition) is 5. The number of benzene rings is 1. The molecule has 0 fully saturated rings. The molecule has 1 heterocycles. The standard InChI is InChI=1S/C15H21ClN2O5S/c1-3-22-8-4-7-17-15(19)14-10-18(24(2,20)21)12-9-11(16)5-6-13(12)23-14/h5-6,9,14H,3-4,7-8,10H2,1-2H3,(H,17,19)/t14-/m1/s1. The largest absolute Gasteiger partial charge is 0.476 e. The molecule has 0 radical (unpaired) electrons. The van der Waals surface area contributed by atoms with Crippen molar-refractivity contribution in [2.75, 3.05) is 36.9 Å². The third-order valence-electron chi connectivity index (χ3n) is 3.45. The Bertz CT molecular complexity index is 695. The summed E-state index contributed by atoms with van der Waals surface area (Å²) in [7, 11) is -3.56. The molecule has 24 heavy (non-hydrogen) atoms. The molecule has 1 N–H and O–H groups in total. The molecule has 1 aliphatic heterocycles. The number of sulfonamides is 1. The molecule has 0 spiro atoms. The van der Waals surface area contributed by atoms with Crippen molar-refractivity contribution < 1.29 is 22.7 Å². The van der Waals surface area contributed by atoms with Gasteiger partial charge in [-0.3, -0.25) is 9.10 Å². The number of carbonyl (C=O) groups is 1. The molecule has 0 unspecified atom stereocenters. The average Bonchev–Trinajstić information content (AvgIpc) is 2.52. The van der Waals surface area contributed by atoms with Crippen molar-refractivity contribution in [1.29, 1.82) is 0 Å². The molecular weight excluding hydrogens is 356 g/mol. The van der Waals surface area contributed by atoms with Gasteiger partial charge < -0.3 is 14.8 Å². The normalized spacial score (nSPS) is 17.1. The predicted molar refractivity (Wildman–Crippen MR) is 92.2 cm³/mol. The van der Waals surface area contributed by atoms with Crippen LogP contribution >= 0.6 is 11.6 Å². The third-order valence-corrected chi connectivity index (χ3v) is 4.83. The van der Waals surface area contributed by atoms with Gasteiger partial charge in [0.15, 0.2) is 6.10 Å². The maximum atomic E-state index is 12.3. The second-order valence-corrected chi connectivity index (χ2v) is 7.70. The van der Waals surface area contributed by atoms with E-state index >= 15 is 0 Å². The zero-order valence-corrected chi connectivity index (χ0v) is 15.2. The molecule has 1 amide bonds. The Balaban J connectivity index is 2.09. The lowest BCUT2D eigenvalue weighted by molar-refractivity contribution is -0.127. The Hall–Kier alpha value is -1.51. The summed E-state index contributed by atoms with van der Waals surface area (Å²) in [4.78, 5) is 12.3. The number of nitrogens with one attached hydrogen (secondary N) is 1. The molecule has 0 saturated heterocycles. The summed E-state index contributed by atoms with van der Waals surface area (Å²) in [6.45, 7) is 3.42. The van der Waals surface area contributed by atoms with Gasteiger partial charge in [0.2, 0.25) is 10.0 Å². The highest BCUT2D eigenvalue weighted by Crippen LogP contribution is 2.36. The molecule has 2 rings (SSSR count). The minimum Gasteiger partial charge on any atom is -0.476 e. The molecule has 134 valence electrons. The molecule has 1 aromatic carbocycles. The van der Waals surface area contributed by atoms with Gasteiger partial charge in [0, 0.05) is 24.8 Å². The second kappa shape index (κ2) is 8.04. The lowest BCUT2D eigenvalue weighted by Crippen LogP contribution is -2.50. The zero-order chi connectivity index (χ0) is 17.7. The number of nitrogens with zero attached hydrogens (tertiary/aromatic N) is 1. The number of hydrogen-bond donors (Lipinski definition) is 1. The highest BCUT2D eigenvalue weighted by molar-refractivity contribution is 7.92. The van der Waals surface area contributed by atoms with E-state index < -0.39 is 16.1 Å². The minimum absolute atomic E-state index is 0.0938. The van der Waals surface area contributed by atoms with Crippen LogP contribution in [0.3, 0.4) is 0 Å². The van der Waals surface area contributed by atoms with E-state index in [1.54, 1.807) is 12.1 Å². The molecule has 0 aliphatic carbocycles. The highest BCUT2D eigenvalue weighted by Gasteiger charge is 2.35.